The summed E-state index contributed by atoms with van der Waals surface area (Å²) in [7, 11) is 0. The molecule has 0 aromatic carbocycles. The SMILES string of the molecule is CC1(C)CC2CC(C)(CN2C(=O)C2CCN(c3nc(Cl)nc4nc[nH]c34)CC2)C1. The smallest absolute Gasteiger partial charge is 0.226 e. The fraction of sp³-hybridized carbons (Fsp3) is 0.714. The van der Waals surface area contributed by atoms with Gasteiger partial charge in [0.15, 0.2) is 11.5 Å². The molecule has 2 aromatic rings. The zero-order chi connectivity index (χ0) is 20.4. The van der Waals surface area contributed by atoms with E-state index in [4.69, 9.17) is 11.6 Å². The summed E-state index contributed by atoms with van der Waals surface area (Å²) >= 11 is 6.09. The highest BCUT2D eigenvalue weighted by Gasteiger charge is 2.51. The van der Waals surface area contributed by atoms with Crippen LogP contribution in [-0.2, 0) is 4.79 Å². The van der Waals surface area contributed by atoms with Gasteiger partial charge in [-0.1, -0.05) is 20.8 Å². The molecule has 2 aromatic heterocycles. The molecule has 2 aliphatic heterocycles. The van der Waals surface area contributed by atoms with Gasteiger partial charge in [-0.25, -0.2) is 4.98 Å². The summed E-state index contributed by atoms with van der Waals surface area (Å²) in [5.41, 5.74) is 2.01. The van der Waals surface area contributed by atoms with Crippen molar-refractivity contribution in [2.24, 2.45) is 16.7 Å². The number of hydrogen-bond acceptors (Lipinski definition) is 5. The van der Waals surface area contributed by atoms with Gasteiger partial charge in [0.25, 0.3) is 0 Å². The van der Waals surface area contributed by atoms with Gasteiger partial charge in [-0.3, -0.25) is 4.79 Å². The van der Waals surface area contributed by atoms with E-state index >= 15 is 0 Å². The quantitative estimate of drug-likeness (QED) is 0.756. The van der Waals surface area contributed by atoms with E-state index in [1.54, 1.807) is 6.33 Å². The van der Waals surface area contributed by atoms with Crippen LogP contribution >= 0.6 is 11.6 Å². The summed E-state index contributed by atoms with van der Waals surface area (Å²) in [5, 5.41) is 0.206. The molecule has 8 heteroatoms. The third-order valence-corrected chi connectivity index (χ3v) is 7.25. The highest BCUT2D eigenvalue weighted by atomic mass is 35.5. The van der Waals surface area contributed by atoms with Gasteiger partial charge >= 0.3 is 0 Å². The maximum atomic E-state index is 13.4. The largest absolute Gasteiger partial charge is 0.355 e. The molecule has 2 saturated heterocycles. The van der Waals surface area contributed by atoms with Crippen molar-refractivity contribution >= 4 is 34.5 Å². The number of carbonyl (C=O) groups excluding carboxylic acids is 1. The summed E-state index contributed by atoms with van der Waals surface area (Å²) in [4.78, 5) is 33.7. The van der Waals surface area contributed by atoms with E-state index in [0.717, 1.165) is 56.7 Å². The molecule has 29 heavy (non-hydrogen) atoms. The lowest BCUT2D eigenvalue weighted by Gasteiger charge is -2.40. The Morgan fingerprint density at radius 1 is 1.21 bits per heavy atom. The molecule has 1 saturated carbocycles. The van der Waals surface area contributed by atoms with Crippen LogP contribution in [0.3, 0.4) is 0 Å². The summed E-state index contributed by atoms with van der Waals surface area (Å²) in [6.07, 6.45) is 6.82. The van der Waals surface area contributed by atoms with Crippen LogP contribution in [0.15, 0.2) is 6.33 Å². The molecule has 156 valence electrons. The van der Waals surface area contributed by atoms with Gasteiger partial charge in [-0.05, 0) is 54.5 Å². The van der Waals surface area contributed by atoms with Crippen LogP contribution in [0.5, 0.6) is 0 Å². The second-order valence-corrected chi connectivity index (χ2v) is 10.7. The average Bonchev–Trinajstić information content (AvgIpc) is 3.21. The Bertz CT molecular complexity index is 950. The van der Waals surface area contributed by atoms with Crippen LogP contribution in [0.25, 0.3) is 11.2 Å². The third kappa shape index (κ3) is 3.37. The minimum atomic E-state index is 0.104. The number of rotatable bonds is 2. The number of piperidine rings is 1. The van der Waals surface area contributed by atoms with Crippen molar-refractivity contribution in [3.63, 3.8) is 0 Å². The van der Waals surface area contributed by atoms with Crippen molar-refractivity contribution < 1.29 is 4.79 Å². The van der Waals surface area contributed by atoms with Crippen molar-refractivity contribution in [2.75, 3.05) is 24.5 Å². The summed E-state index contributed by atoms with van der Waals surface area (Å²) < 4.78 is 0. The Morgan fingerprint density at radius 3 is 2.72 bits per heavy atom. The van der Waals surface area contributed by atoms with Crippen LogP contribution in [0, 0.1) is 16.7 Å². The van der Waals surface area contributed by atoms with E-state index in [9.17, 15) is 4.79 Å². The van der Waals surface area contributed by atoms with Gasteiger partial charge in [-0.2, -0.15) is 9.97 Å². The first kappa shape index (κ1) is 19.1. The Balaban J connectivity index is 1.29. The number of likely N-dealkylation sites (tertiary alicyclic amines) is 1. The van der Waals surface area contributed by atoms with Gasteiger partial charge in [0.1, 0.15) is 5.52 Å². The Hall–Kier alpha value is -1.89. The van der Waals surface area contributed by atoms with Gasteiger partial charge < -0.3 is 14.8 Å². The zero-order valence-electron chi connectivity index (χ0n) is 17.4. The maximum Gasteiger partial charge on any atom is 0.226 e. The first-order valence-electron chi connectivity index (χ1n) is 10.7. The minimum absolute atomic E-state index is 0.104. The molecule has 4 heterocycles. The molecule has 7 nitrogen and oxygen atoms in total. The molecule has 2 unspecified atom stereocenters. The van der Waals surface area contributed by atoms with Crippen molar-refractivity contribution in [1.82, 2.24) is 24.8 Å². The third-order valence-electron chi connectivity index (χ3n) is 7.08. The lowest BCUT2D eigenvalue weighted by Crippen LogP contribution is -2.45. The highest BCUT2D eigenvalue weighted by molar-refractivity contribution is 6.28. The Kier molecular flexibility index (Phi) is 4.32. The number of H-pyrrole nitrogens is 1. The normalized spacial score (nSPS) is 29.6. The van der Waals surface area contributed by atoms with Gasteiger partial charge in [-0.15, -0.1) is 0 Å². The number of anilines is 1. The number of hydrogen-bond donors (Lipinski definition) is 1. The lowest BCUT2D eigenvalue weighted by atomic mass is 9.65. The molecule has 3 fully saturated rings. The Morgan fingerprint density at radius 2 is 1.97 bits per heavy atom. The number of halogens is 1. The molecule has 1 amide bonds. The van der Waals surface area contributed by atoms with Gasteiger partial charge in [0.2, 0.25) is 11.2 Å². The summed E-state index contributed by atoms with van der Waals surface area (Å²) in [6.45, 7) is 9.58. The Labute approximate surface area is 176 Å². The number of nitrogens with one attached hydrogen (secondary N) is 1. The van der Waals surface area contributed by atoms with Crippen LogP contribution in [-0.4, -0.2) is 56.4 Å². The van der Waals surface area contributed by atoms with Crippen LogP contribution in [0.4, 0.5) is 5.82 Å². The topological polar surface area (TPSA) is 78.0 Å². The van der Waals surface area contributed by atoms with Crippen LogP contribution in [0.1, 0.15) is 52.9 Å². The van der Waals surface area contributed by atoms with Crippen molar-refractivity contribution in [3.05, 3.63) is 11.6 Å². The number of imidazole rings is 1. The van der Waals surface area contributed by atoms with E-state index in [1.165, 1.54) is 6.42 Å². The molecule has 3 aliphatic rings. The molecule has 2 atom stereocenters. The number of nitrogens with zero attached hydrogens (tertiary/aromatic N) is 5. The number of carbonyl (C=O) groups is 1. The van der Waals surface area contributed by atoms with E-state index < -0.39 is 0 Å². The summed E-state index contributed by atoms with van der Waals surface area (Å²) in [6, 6.07) is 0.416. The minimum Gasteiger partial charge on any atom is -0.355 e. The number of fused-ring (bicyclic) bond motifs is 3. The fourth-order valence-electron chi connectivity index (χ4n) is 6.31. The van der Waals surface area contributed by atoms with Crippen molar-refractivity contribution in [3.8, 4) is 0 Å². The molecule has 1 N–H and O–H groups in total. The van der Waals surface area contributed by atoms with Crippen molar-refractivity contribution in [1.29, 1.82) is 0 Å². The van der Waals surface area contributed by atoms with E-state index in [0.29, 0.717) is 23.0 Å². The number of aromatic nitrogens is 4. The first-order valence-corrected chi connectivity index (χ1v) is 11.0. The number of amides is 1. The average molecular weight is 417 g/mol. The maximum absolute atomic E-state index is 13.4. The second-order valence-electron chi connectivity index (χ2n) is 10.4. The van der Waals surface area contributed by atoms with Gasteiger partial charge in [0.05, 0.1) is 6.33 Å². The fourth-order valence-corrected chi connectivity index (χ4v) is 6.47. The van der Waals surface area contributed by atoms with Crippen LogP contribution < -0.4 is 4.90 Å². The summed E-state index contributed by atoms with van der Waals surface area (Å²) in [5.74, 6) is 1.25. The molecule has 0 spiro atoms. The van der Waals surface area contributed by atoms with Crippen molar-refractivity contribution in [2.45, 2.75) is 58.9 Å². The van der Waals surface area contributed by atoms with E-state index in [1.807, 2.05) is 0 Å². The monoisotopic (exact) mass is 416 g/mol. The lowest BCUT2D eigenvalue weighted by molar-refractivity contribution is -0.137. The predicted octanol–water partition coefficient (Wildman–Crippen LogP) is 3.65. The molecule has 5 rings (SSSR count). The molecular weight excluding hydrogens is 388 g/mol. The van der Waals surface area contributed by atoms with Crippen LogP contribution in [0.2, 0.25) is 5.28 Å². The molecule has 1 aliphatic carbocycles. The zero-order valence-corrected chi connectivity index (χ0v) is 18.2. The predicted molar refractivity (Wildman–Crippen MR) is 113 cm³/mol. The van der Waals surface area contributed by atoms with Gasteiger partial charge in [0, 0.05) is 31.6 Å². The van der Waals surface area contributed by atoms with E-state index in [2.05, 4.69) is 50.5 Å². The highest BCUT2D eigenvalue weighted by Crippen LogP contribution is 2.52. The second kappa shape index (κ2) is 6.56. The number of aromatic amines is 1. The first-order chi connectivity index (χ1) is 13.7. The molecule has 2 bridgehead atoms. The van der Waals surface area contributed by atoms with E-state index in [-0.39, 0.29) is 16.6 Å². The molecule has 0 radical (unpaired) electrons. The standard InChI is InChI=1S/C21H29ClN6O/c1-20(2)8-14-9-21(3,10-20)11-28(14)18(29)13-4-6-27(7-5-13)17-15-16(24-12-23-15)25-19(22)26-17/h12-14H,4-11H2,1-3H3,(H,23,24,25,26). The molecular formula is C21H29ClN6O.